The van der Waals surface area contributed by atoms with Gasteiger partial charge in [-0.2, -0.15) is 0 Å². The third kappa shape index (κ3) is 2.47. The van der Waals surface area contributed by atoms with Gasteiger partial charge in [0.1, 0.15) is 5.02 Å². The summed E-state index contributed by atoms with van der Waals surface area (Å²) in [5.41, 5.74) is 12.3. The van der Waals surface area contributed by atoms with Crippen LogP contribution in [0, 0.1) is 5.82 Å². The molecule has 0 atom stereocenters. The predicted octanol–water partition coefficient (Wildman–Crippen LogP) is 2.26. The standard InChI is InChI=1S/C12H17ClFN3O/c1-18-5-4-17(7-2-3-7)12-9(16)6-8(15)10(13)11(12)14/h6-7H,2-5,15-16H2,1H3. The zero-order valence-corrected chi connectivity index (χ0v) is 11.0. The molecule has 1 aromatic rings. The van der Waals surface area contributed by atoms with Gasteiger partial charge in [-0.25, -0.2) is 4.39 Å². The van der Waals surface area contributed by atoms with Crippen molar-refractivity contribution < 1.29 is 9.13 Å². The molecule has 0 heterocycles. The van der Waals surface area contributed by atoms with Crippen LogP contribution >= 0.6 is 11.6 Å². The lowest BCUT2D eigenvalue weighted by Crippen LogP contribution is -2.31. The van der Waals surface area contributed by atoms with E-state index in [1.807, 2.05) is 4.90 Å². The van der Waals surface area contributed by atoms with E-state index in [-0.39, 0.29) is 10.7 Å². The molecule has 1 saturated carbocycles. The van der Waals surface area contributed by atoms with E-state index in [1.54, 1.807) is 7.11 Å². The molecule has 2 rings (SSSR count). The Morgan fingerprint density at radius 3 is 2.67 bits per heavy atom. The van der Waals surface area contributed by atoms with Crippen molar-refractivity contribution in [2.24, 2.45) is 0 Å². The molecule has 0 aliphatic heterocycles. The Bertz CT molecular complexity index is 451. The predicted molar refractivity (Wildman–Crippen MR) is 72.5 cm³/mol. The Kier molecular flexibility index (Phi) is 3.82. The highest BCUT2D eigenvalue weighted by atomic mass is 35.5. The third-order valence-corrected chi connectivity index (χ3v) is 3.43. The number of anilines is 3. The molecule has 0 saturated heterocycles. The zero-order chi connectivity index (χ0) is 13.3. The van der Waals surface area contributed by atoms with Gasteiger partial charge < -0.3 is 21.1 Å². The molecule has 0 bridgehead atoms. The fourth-order valence-electron chi connectivity index (χ4n) is 2.00. The lowest BCUT2D eigenvalue weighted by molar-refractivity contribution is 0.205. The van der Waals surface area contributed by atoms with E-state index < -0.39 is 5.82 Å². The van der Waals surface area contributed by atoms with Crippen molar-refractivity contribution in [3.8, 4) is 0 Å². The molecule has 4 N–H and O–H groups in total. The SMILES string of the molecule is COCCN(c1c(N)cc(N)c(Cl)c1F)C1CC1. The Morgan fingerprint density at radius 2 is 2.11 bits per heavy atom. The molecule has 0 unspecified atom stereocenters. The normalized spacial score (nSPS) is 14.8. The van der Waals surface area contributed by atoms with Gasteiger partial charge in [-0.1, -0.05) is 11.6 Å². The second-order valence-electron chi connectivity index (χ2n) is 4.45. The summed E-state index contributed by atoms with van der Waals surface area (Å²) in [6.07, 6.45) is 2.06. The maximum atomic E-state index is 14.2. The summed E-state index contributed by atoms with van der Waals surface area (Å²) in [5.74, 6) is -0.544. The van der Waals surface area contributed by atoms with Gasteiger partial charge in [0, 0.05) is 19.7 Å². The van der Waals surface area contributed by atoms with Crippen molar-refractivity contribution in [2.75, 3.05) is 36.6 Å². The third-order valence-electron chi connectivity index (χ3n) is 3.05. The summed E-state index contributed by atoms with van der Waals surface area (Å²) < 4.78 is 19.3. The molecule has 1 aromatic carbocycles. The number of nitrogens with two attached hydrogens (primary N) is 2. The van der Waals surface area contributed by atoms with Crippen LogP contribution in [0.25, 0.3) is 0 Å². The summed E-state index contributed by atoms with van der Waals surface area (Å²) in [6.45, 7) is 1.10. The van der Waals surface area contributed by atoms with E-state index >= 15 is 0 Å². The number of rotatable bonds is 5. The van der Waals surface area contributed by atoms with Crippen molar-refractivity contribution in [3.63, 3.8) is 0 Å². The summed E-state index contributed by atoms with van der Waals surface area (Å²) in [7, 11) is 1.61. The van der Waals surface area contributed by atoms with Crippen LogP contribution in [-0.2, 0) is 4.74 Å². The Labute approximate surface area is 111 Å². The van der Waals surface area contributed by atoms with Crippen LogP contribution in [0.4, 0.5) is 21.5 Å². The Hall–Kier alpha value is -1.20. The minimum absolute atomic E-state index is 0.0673. The highest BCUT2D eigenvalue weighted by Crippen LogP contribution is 2.40. The summed E-state index contributed by atoms with van der Waals surface area (Å²) in [6, 6.07) is 1.82. The van der Waals surface area contributed by atoms with Gasteiger partial charge in [0.25, 0.3) is 0 Å². The molecule has 18 heavy (non-hydrogen) atoms. The number of halogens is 2. The van der Waals surface area contributed by atoms with Crippen molar-refractivity contribution in [1.82, 2.24) is 0 Å². The fourth-order valence-corrected chi connectivity index (χ4v) is 2.15. The van der Waals surface area contributed by atoms with Crippen LogP contribution in [-0.4, -0.2) is 26.3 Å². The molecule has 0 radical (unpaired) electrons. The number of methoxy groups -OCH3 is 1. The number of benzene rings is 1. The minimum atomic E-state index is -0.544. The van der Waals surface area contributed by atoms with Crippen molar-refractivity contribution >= 4 is 28.7 Å². The smallest absolute Gasteiger partial charge is 0.169 e. The highest BCUT2D eigenvalue weighted by molar-refractivity contribution is 6.33. The maximum absolute atomic E-state index is 14.2. The van der Waals surface area contributed by atoms with Crippen LogP contribution < -0.4 is 16.4 Å². The van der Waals surface area contributed by atoms with Crippen molar-refractivity contribution in [3.05, 3.63) is 16.9 Å². The molecule has 0 aromatic heterocycles. The number of nitrogens with zero attached hydrogens (tertiary/aromatic N) is 1. The first-order valence-corrected chi connectivity index (χ1v) is 6.22. The first kappa shape index (κ1) is 13.2. The number of ether oxygens (including phenoxy) is 1. The van der Waals surface area contributed by atoms with Crippen LogP contribution in [0.5, 0.6) is 0 Å². The Balaban J connectivity index is 2.37. The van der Waals surface area contributed by atoms with Gasteiger partial charge in [-0.05, 0) is 18.9 Å². The number of nitrogen functional groups attached to an aromatic ring is 2. The minimum Gasteiger partial charge on any atom is -0.397 e. The van der Waals surface area contributed by atoms with Gasteiger partial charge in [0.2, 0.25) is 0 Å². The largest absolute Gasteiger partial charge is 0.397 e. The number of hydrogen-bond donors (Lipinski definition) is 2. The first-order valence-electron chi connectivity index (χ1n) is 5.84. The van der Waals surface area contributed by atoms with Gasteiger partial charge in [-0.15, -0.1) is 0 Å². The van der Waals surface area contributed by atoms with E-state index in [9.17, 15) is 4.39 Å². The molecule has 1 fully saturated rings. The molecule has 0 amide bonds. The second-order valence-corrected chi connectivity index (χ2v) is 4.83. The topological polar surface area (TPSA) is 64.5 Å². The lowest BCUT2D eigenvalue weighted by Gasteiger charge is -2.27. The maximum Gasteiger partial charge on any atom is 0.169 e. The van der Waals surface area contributed by atoms with Gasteiger partial charge >= 0.3 is 0 Å². The first-order chi connectivity index (χ1) is 8.56. The van der Waals surface area contributed by atoms with E-state index in [4.69, 9.17) is 27.8 Å². The zero-order valence-electron chi connectivity index (χ0n) is 10.2. The van der Waals surface area contributed by atoms with Crippen molar-refractivity contribution in [1.29, 1.82) is 0 Å². The molecular weight excluding hydrogens is 257 g/mol. The molecule has 1 aliphatic rings. The Morgan fingerprint density at radius 1 is 1.44 bits per heavy atom. The van der Waals surface area contributed by atoms with Gasteiger partial charge in [-0.3, -0.25) is 0 Å². The van der Waals surface area contributed by atoms with Gasteiger partial charge in [0.15, 0.2) is 5.82 Å². The van der Waals surface area contributed by atoms with Crippen molar-refractivity contribution in [2.45, 2.75) is 18.9 Å². The molecule has 0 spiro atoms. The van der Waals surface area contributed by atoms with E-state index in [1.165, 1.54) is 6.07 Å². The van der Waals surface area contributed by atoms with Gasteiger partial charge in [0.05, 0.1) is 23.7 Å². The average Bonchev–Trinajstić information content (AvgIpc) is 3.14. The molecule has 100 valence electrons. The summed E-state index contributed by atoms with van der Waals surface area (Å²) in [4.78, 5) is 1.92. The monoisotopic (exact) mass is 273 g/mol. The fraction of sp³-hybridized carbons (Fsp3) is 0.500. The quantitative estimate of drug-likeness (QED) is 0.808. The average molecular weight is 274 g/mol. The molecule has 1 aliphatic carbocycles. The summed E-state index contributed by atoms with van der Waals surface area (Å²) >= 11 is 5.84. The van der Waals surface area contributed by atoms with Crippen LogP contribution in [0.15, 0.2) is 6.07 Å². The molecule has 4 nitrogen and oxygen atoms in total. The molecule has 6 heteroatoms. The molecular formula is C12H17ClFN3O. The van der Waals surface area contributed by atoms with E-state index in [0.717, 1.165) is 12.8 Å². The second kappa shape index (κ2) is 5.20. The summed E-state index contributed by atoms with van der Waals surface area (Å²) in [5, 5.41) is -0.0673. The van der Waals surface area contributed by atoms with Crippen LogP contribution in [0.2, 0.25) is 5.02 Å². The lowest BCUT2D eigenvalue weighted by atomic mass is 10.2. The van der Waals surface area contributed by atoms with Crippen LogP contribution in [0.3, 0.4) is 0 Å². The number of hydrogen-bond acceptors (Lipinski definition) is 4. The van der Waals surface area contributed by atoms with E-state index in [2.05, 4.69) is 0 Å². The highest BCUT2D eigenvalue weighted by Gasteiger charge is 2.32. The van der Waals surface area contributed by atoms with E-state index in [0.29, 0.717) is 30.6 Å². The van der Waals surface area contributed by atoms with Crippen LogP contribution in [0.1, 0.15) is 12.8 Å².